The first-order valence-corrected chi connectivity index (χ1v) is 9.48. The van der Waals surface area contributed by atoms with Crippen molar-refractivity contribution in [3.05, 3.63) is 52.2 Å². The fourth-order valence-electron chi connectivity index (χ4n) is 2.53. The van der Waals surface area contributed by atoms with Crippen LogP contribution in [0.2, 0.25) is 0 Å². The van der Waals surface area contributed by atoms with Gasteiger partial charge in [0.1, 0.15) is 10.7 Å². The van der Waals surface area contributed by atoms with Gasteiger partial charge in [-0.05, 0) is 35.7 Å². The largest absolute Gasteiger partial charge is 0.336 e. The number of thiophene rings is 1. The predicted octanol–water partition coefficient (Wildman–Crippen LogP) is 3.65. The van der Waals surface area contributed by atoms with Gasteiger partial charge in [-0.1, -0.05) is 0 Å². The third kappa shape index (κ3) is 3.26. The number of aromatic nitrogens is 1. The topological polar surface area (TPSA) is 74.3 Å². The van der Waals surface area contributed by atoms with Crippen molar-refractivity contribution in [1.29, 1.82) is 0 Å². The molecule has 0 aliphatic carbocycles. The Balaban J connectivity index is 1.45. The highest BCUT2D eigenvalue weighted by Crippen LogP contribution is 2.26. The molecule has 126 valence electrons. The average Bonchev–Trinajstić information content (AvgIpc) is 3.36. The smallest absolute Gasteiger partial charge is 0.321 e. The highest BCUT2D eigenvalue weighted by Gasteiger charge is 2.21. The van der Waals surface area contributed by atoms with Crippen molar-refractivity contribution in [2.24, 2.45) is 0 Å². The van der Waals surface area contributed by atoms with Gasteiger partial charge in [-0.15, -0.1) is 11.3 Å². The Morgan fingerprint density at radius 3 is 2.72 bits per heavy atom. The van der Waals surface area contributed by atoms with Crippen LogP contribution in [0.3, 0.4) is 0 Å². The number of benzene rings is 1. The Hall–Kier alpha value is -2.71. The van der Waals surface area contributed by atoms with Gasteiger partial charge in [-0.3, -0.25) is 9.69 Å². The van der Waals surface area contributed by atoms with E-state index < -0.39 is 0 Å². The minimum absolute atomic E-state index is 0.0970. The molecule has 1 saturated heterocycles. The second kappa shape index (κ2) is 6.66. The summed E-state index contributed by atoms with van der Waals surface area (Å²) in [4.78, 5) is 30.1. The van der Waals surface area contributed by atoms with Crippen LogP contribution >= 0.6 is 22.7 Å². The molecule has 8 heteroatoms. The van der Waals surface area contributed by atoms with Crippen molar-refractivity contribution in [1.82, 2.24) is 10.3 Å². The molecule has 0 atom stereocenters. The third-order valence-corrected chi connectivity index (χ3v) is 5.37. The zero-order valence-corrected chi connectivity index (χ0v) is 14.7. The molecule has 0 bridgehead atoms. The Labute approximate surface area is 152 Å². The molecule has 4 rings (SSSR count). The zero-order chi connectivity index (χ0) is 17.2. The SMILES string of the molecule is O=C(Nc1ccc(N2CCNC2=O)cc1)c1csc(-c2ccsc2)n1. The van der Waals surface area contributed by atoms with E-state index in [2.05, 4.69) is 15.6 Å². The minimum atomic E-state index is -0.246. The van der Waals surface area contributed by atoms with E-state index in [-0.39, 0.29) is 11.9 Å². The molecule has 1 aliphatic rings. The summed E-state index contributed by atoms with van der Waals surface area (Å²) < 4.78 is 0. The molecule has 3 heterocycles. The minimum Gasteiger partial charge on any atom is -0.336 e. The fourth-order valence-corrected chi connectivity index (χ4v) is 4.05. The second-order valence-corrected chi connectivity index (χ2v) is 7.07. The van der Waals surface area contributed by atoms with Crippen LogP contribution in [0, 0.1) is 0 Å². The van der Waals surface area contributed by atoms with Crippen LogP contribution < -0.4 is 15.5 Å². The van der Waals surface area contributed by atoms with Crippen molar-refractivity contribution in [3.8, 4) is 10.6 Å². The third-order valence-electron chi connectivity index (χ3n) is 3.80. The zero-order valence-electron chi connectivity index (χ0n) is 13.1. The summed E-state index contributed by atoms with van der Waals surface area (Å²) in [6, 6.07) is 9.09. The standard InChI is InChI=1S/C17H14N4O2S2/c22-15(14-10-25-16(20-14)11-5-8-24-9-11)19-12-1-3-13(4-2-12)21-7-6-18-17(21)23/h1-5,8-10H,6-7H2,(H,18,23)(H,19,22). The molecule has 6 nitrogen and oxygen atoms in total. The van der Waals surface area contributed by atoms with Crippen LogP contribution in [0.15, 0.2) is 46.5 Å². The molecule has 2 N–H and O–H groups in total. The molecule has 2 aromatic heterocycles. The number of anilines is 2. The molecule has 0 radical (unpaired) electrons. The second-order valence-electron chi connectivity index (χ2n) is 5.43. The lowest BCUT2D eigenvalue weighted by Gasteiger charge is -2.14. The molecule has 0 unspecified atom stereocenters. The summed E-state index contributed by atoms with van der Waals surface area (Å²) in [5.41, 5.74) is 2.90. The fraction of sp³-hybridized carbons (Fsp3) is 0.118. The number of urea groups is 1. The van der Waals surface area contributed by atoms with Gasteiger partial charge >= 0.3 is 6.03 Å². The number of nitrogens with one attached hydrogen (secondary N) is 2. The van der Waals surface area contributed by atoms with E-state index in [1.165, 1.54) is 11.3 Å². The van der Waals surface area contributed by atoms with Crippen LogP contribution in [-0.4, -0.2) is 30.0 Å². The van der Waals surface area contributed by atoms with Crippen molar-refractivity contribution >= 4 is 46.0 Å². The quantitative estimate of drug-likeness (QED) is 0.736. The number of hydrogen-bond donors (Lipinski definition) is 2. The van der Waals surface area contributed by atoms with E-state index in [1.807, 2.05) is 29.0 Å². The van der Waals surface area contributed by atoms with Crippen LogP contribution in [0.4, 0.5) is 16.2 Å². The number of carbonyl (C=O) groups is 2. The van der Waals surface area contributed by atoms with Crippen molar-refractivity contribution in [2.45, 2.75) is 0 Å². The van der Waals surface area contributed by atoms with Crippen LogP contribution in [0.5, 0.6) is 0 Å². The molecular formula is C17H14N4O2S2. The highest BCUT2D eigenvalue weighted by molar-refractivity contribution is 7.14. The lowest BCUT2D eigenvalue weighted by atomic mass is 10.2. The van der Waals surface area contributed by atoms with E-state index in [0.29, 0.717) is 24.5 Å². The van der Waals surface area contributed by atoms with Gasteiger partial charge < -0.3 is 10.6 Å². The number of carbonyl (C=O) groups excluding carboxylic acids is 2. The Morgan fingerprint density at radius 2 is 2.04 bits per heavy atom. The van der Waals surface area contributed by atoms with Gasteiger partial charge in [0, 0.05) is 40.8 Å². The molecular weight excluding hydrogens is 356 g/mol. The number of thiazole rings is 1. The molecule has 0 saturated carbocycles. The Bertz CT molecular complexity index is 903. The summed E-state index contributed by atoms with van der Waals surface area (Å²) in [5.74, 6) is -0.246. The van der Waals surface area contributed by atoms with E-state index >= 15 is 0 Å². The van der Waals surface area contributed by atoms with E-state index in [0.717, 1.165) is 16.3 Å². The summed E-state index contributed by atoms with van der Waals surface area (Å²) in [5, 5.41) is 12.2. The highest BCUT2D eigenvalue weighted by atomic mass is 32.1. The number of hydrogen-bond acceptors (Lipinski definition) is 5. The normalized spacial score (nSPS) is 13.8. The number of amides is 3. The summed E-state index contributed by atoms with van der Waals surface area (Å²) in [7, 11) is 0. The molecule has 0 spiro atoms. The summed E-state index contributed by atoms with van der Waals surface area (Å²) >= 11 is 3.05. The Morgan fingerprint density at radius 1 is 1.20 bits per heavy atom. The summed E-state index contributed by atoms with van der Waals surface area (Å²) in [6.07, 6.45) is 0. The molecule has 1 aliphatic heterocycles. The maximum Gasteiger partial charge on any atom is 0.321 e. The molecule has 1 fully saturated rings. The molecule has 25 heavy (non-hydrogen) atoms. The van der Waals surface area contributed by atoms with E-state index in [1.54, 1.807) is 33.7 Å². The first-order valence-electron chi connectivity index (χ1n) is 7.65. The number of rotatable bonds is 4. The van der Waals surface area contributed by atoms with Gasteiger partial charge in [0.05, 0.1) is 0 Å². The average molecular weight is 370 g/mol. The van der Waals surface area contributed by atoms with Gasteiger partial charge in [0.2, 0.25) is 0 Å². The Kier molecular flexibility index (Phi) is 4.21. The van der Waals surface area contributed by atoms with Gasteiger partial charge in [0.25, 0.3) is 5.91 Å². The molecule has 3 aromatic rings. The van der Waals surface area contributed by atoms with Crippen LogP contribution in [-0.2, 0) is 0 Å². The van der Waals surface area contributed by atoms with E-state index in [9.17, 15) is 9.59 Å². The lowest BCUT2D eigenvalue weighted by Crippen LogP contribution is -2.27. The number of nitrogens with zero attached hydrogens (tertiary/aromatic N) is 2. The first kappa shape index (κ1) is 15.8. The maximum absolute atomic E-state index is 12.4. The first-order chi connectivity index (χ1) is 12.2. The van der Waals surface area contributed by atoms with Crippen molar-refractivity contribution < 1.29 is 9.59 Å². The molecule has 1 aromatic carbocycles. The molecule has 3 amide bonds. The van der Waals surface area contributed by atoms with Gasteiger partial charge in [-0.25, -0.2) is 9.78 Å². The van der Waals surface area contributed by atoms with Gasteiger partial charge in [-0.2, -0.15) is 11.3 Å². The van der Waals surface area contributed by atoms with Crippen LogP contribution in [0.1, 0.15) is 10.5 Å². The predicted molar refractivity (Wildman–Crippen MR) is 101 cm³/mol. The maximum atomic E-state index is 12.4. The van der Waals surface area contributed by atoms with Gasteiger partial charge in [0.15, 0.2) is 0 Å². The summed E-state index contributed by atoms with van der Waals surface area (Å²) in [6.45, 7) is 1.29. The van der Waals surface area contributed by atoms with E-state index in [4.69, 9.17) is 0 Å². The van der Waals surface area contributed by atoms with Crippen molar-refractivity contribution in [3.63, 3.8) is 0 Å². The van der Waals surface area contributed by atoms with Crippen LogP contribution in [0.25, 0.3) is 10.6 Å². The monoisotopic (exact) mass is 370 g/mol. The lowest BCUT2D eigenvalue weighted by molar-refractivity contribution is 0.102. The van der Waals surface area contributed by atoms with Crippen molar-refractivity contribution in [2.75, 3.05) is 23.3 Å².